The lowest BCUT2D eigenvalue weighted by molar-refractivity contribution is 0.0296. The van der Waals surface area contributed by atoms with E-state index in [1.54, 1.807) is 0 Å². The number of halogens is 1. The SMILES string of the molecule is C=C(CCl)CN(C)CC1CC(O)C1. The van der Waals surface area contributed by atoms with Gasteiger partial charge in [0.15, 0.2) is 0 Å². The van der Waals surface area contributed by atoms with Gasteiger partial charge in [-0.1, -0.05) is 6.58 Å². The van der Waals surface area contributed by atoms with Crippen molar-refractivity contribution in [1.29, 1.82) is 0 Å². The van der Waals surface area contributed by atoms with Crippen molar-refractivity contribution in [1.82, 2.24) is 4.90 Å². The lowest BCUT2D eigenvalue weighted by Crippen LogP contribution is -2.37. The first-order valence-electron chi connectivity index (χ1n) is 4.71. The van der Waals surface area contributed by atoms with E-state index in [1.165, 1.54) is 0 Å². The molecule has 0 aromatic carbocycles. The van der Waals surface area contributed by atoms with E-state index >= 15 is 0 Å². The minimum absolute atomic E-state index is 0.0466. The quantitative estimate of drug-likeness (QED) is 0.541. The highest BCUT2D eigenvalue weighted by atomic mass is 35.5. The average molecular weight is 204 g/mol. The van der Waals surface area contributed by atoms with Gasteiger partial charge in [0, 0.05) is 19.0 Å². The highest BCUT2D eigenvalue weighted by Crippen LogP contribution is 2.27. The normalized spacial score (nSPS) is 27.4. The number of alkyl halides is 1. The molecule has 1 aliphatic rings. The minimum Gasteiger partial charge on any atom is -0.393 e. The Morgan fingerprint density at radius 3 is 2.69 bits per heavy atom. The van der Waals surface area contributed by atoms with Crippen molar-refractivity contribution < 1.29 is 5.11 Å². The summed E-state index contributed by atoms with van der Waals surface area (Å²) in [5, 5.41) is 9.10. The summed E-state index contributed by atoms with van der Waals surface area (Å²) >= 11 is 5.64. The molecule has 0 unspecified atom stereocenters. The van der Waals surface area contributed by atoms with Crippen LogP contribution in [-0.2, 0) is 0 Å². The van der Waals surface area contributed by atoms with Gasteiger partial charge in [-0.2, -0.15) is 0 Å². The van der Waals surface area contributed by atoms with Crippen LogP contribution in [-0.4, -0.2) is 42.1 Å². The summed E-state index contributed by atoms with van der Waals surface area (Å²) in [5.74, 6) is 1.21. The zero-order valence-corrected chi connectivity index (χ0v) is 8.93. The predicted molar refractivity (Wildman–Crippen MR) is 56.1 cm³/mol. The van der Waals surface area contributed by atoms with Crippen LogP contribution in [0.15, 0.2) is 12.2 Å². The van der Waals surface area contributed by atoms with Gasteiger partial charge in [-0.15, -0.1) is 11.6 Å². The van der Waals surface area contributed by atoms with Gasteiger partial charge < -0.3 is 10.0 Å². The number of hydrogen-bond acceptors (Lipinski definition) is 2. The third-order valence-electron chi connectivity index (χ3n) is 2.46. The van der Waals surface area contributed by atoms with Crippen LogP contribution in [0.5, 0.6) is 0 Å². The van der Waals surface area contributed by atoms with E-state index in [0.29, 0.717) is 11.8 Å². The molecule has 1 N–H and O–H groups in total. The Bertz CT molecular complexity index is 178. The average Bonchev–Trinajstić information content (AvgIpc) is 2.01. The Morgan fingerprint density at radius 2 is 2.23 bits per heavy atom. The molecule has 1 aliphatic carbocycles. The molecule has 0 heterocycles. The molecular formula is C10H18ClNO. The third kappa shape index (κ3) is 3.67. The van der Waals surface area contributed by atoms with E-state index in [0.717, 1.165) is 31.5 Å². The summed E-state index contributed by atoms with van der Waals surface area (Å²) in [5.41, 5.74) is 1.06. The van der Waals surface area contributed by atoms with Crippen LogP contribution in [0, 0.1) is 5.92 Å². The first-order chi connectivity index (χ1) is 6.11. The minimum atomic E-state index is -0.0466. The van der Waals surface area contributed by atoms with E-state index < -0.39 is 0 Å². The first-order valence-corrected chi connectivity index (χ1v) is 5.24. The highest BCUT2D eigenvalue weighted by Gasteiger charge is 2.27. The van der Waals surface area contributed by atoms with Gasteiger partial charge in [0.1, 0.15) is 0 Å². The van der Waals surface area contributed by atoms with E-state index in [4.69, 9.17) is 16.7 Å². The lowest BCUT2D eigenvalue weighted by Gasteiger charge is -2.34. The second-order valence-corrected chi connectivity index (χ2v) is 4.34. The largest absolute Gasteiger partial charge is 0.393 e. The number of aliphatic hydroxyl groups is 1. The van der Waals surface area contributed by atoms with Gasteiger partial charge >= 0.3 is 0 Å². The van der Waals surface area contributed by atoms with Crippen molar-refractivity contribution in [2.24, 2.45) is 5.92 Å². The number of hydrogen-bond donors (Lipinski definition) is 1. The fourth-order valence-electron chi connectivity index (χ4n) is 1.78. The van der Waals surface area contributed by atoms with Crippen LogP contribution in [0.2, 0.25) is 0 Å². The molecule has 76 valence electrons. The predicted octanol–water partition coefficient (Wildman–Crippen LogP) is 1.48. The molecule has 0 saturated heterocycles. The molecule has 0 spiro atoms. The van der Waals surface area contributed by atoms with Crippen molar-refractivity contribution in [2.75, 3.05) is 26.0 Å². The maximum absolute atomic E-state index is 9.10. The maximum Gasteiger partial charge on any atom is 0.0546 e. The van der Waals surface area contributed by atoms with Gasteiger partial charge in [-0.3, -0.25) is 0 Å². The Balaban J connectivity index is 2.11. The summed E-state index contributed by atoms with van der Waals surface area (Å²) in [6.07, 6.45) is 1.87. The van der Waals surface area contributed by atoms with Crippen LogP contribution < -0.4 is 0 Å². The Kier molecular flexibility index (Phi) is 4.23. The zero-order valence-electron chi connectivity index (χ0n) is 8.17. The molecule has 0 aliphatic heterocycles. The molecule has 2 nitrogen and oxygen atoms in total. The molecule has 0 atom stereocenters. The highest BCUT2D eigenvalue weighted by molar-refractivity contribution is 6.19. The fourth-order valence-corrected chi connectivity index (χ4v) is 1.86. The molecule has 1 fully saturated rings. The summed E-state index contributed by atoms with van der Waals surface area (Å²) < 4.78 is 0. The van der Waals surface area contributed by atoms with Gasteiger partial charge in [0.2, 0.25) is 0 Å². The fraction of sp³-hybridized carbons (Fsp3) is 0.800. The topological polar surface area (TPSA) is 23.5 Å². The summed E-state index contributed by atoms with van der Waals surface area (Å²) in [7, 11) is 2.07. The maximum atomic E-state index is 9.10. The van der Waals surface area contributed by atoms with Crippen LogP contribution in [0.4, 0.5) is 0 Å². The number of likely N-dealkylation sites (N-methyl/N-ethyl adjacent to an activating group) is 1. The summed E-state index contributed by atoms with van der Waals surface area (Å²) in [4.78, 5) is 2.22. The molecule has 0 bridgehead atoms. The molecule has 3 heteroatoms. The van der Waals surface area contributed by atoms with Crippen LogP contribution in [0.25, 0.3) is 0 Å². The number of nitrogens with zero attached hydrogens (tertiary/aromatic N) is 1. The molecule has 13 heavy (non-hydrogen) atoms. The molecule has 1 saturated carbocycles. The van der Waals surface area contributed by atoms with Crippen LogP contribution in [0.3, 0.4) is 0 Å². The molecule has 0 amide bonds. The molecule has 0 radical (unpaired) electrons. The van der Waals surface area contributed by atoms with Gasteiger partial charge in [0.05, 0.1) is 6.10 Å². The number of aliphatic hydroxyl groups excluding tert-OH is 1. The van der Waals surface area contributed by atoms with Gasteiger partial charge in [-0.05, 0) is 31.4 Å². The van der Waals surface area contributed by atoms with E-state index in [2.05, 4.69) is 18.5 Å². The first kappa shape index (κ1) is 11.0. The van der Waals surface area contributed by atoms with Crippen LogP contribution in [0.1, 0.15) is 12.8 Å². The second kappa shape index (κ2) is 4.99. The van der Waals surface area contributed by atoms with Crippen molar-refractivity contribution in [3.63, 3.8) is 0 Å². The Labute approximate surface area is 85.2 Å². The third-order valence-corrected chi connectivity index (χ3v) is 2.84. The molecular weight excluding hydrogens is 186 g/mol. The lowest BCUT2D eigenvalue weighted by atomic mass is 9.82. The Morgan fingerprint density at radius 1 is 1.62 bits per heavy atom. The van der Waals surface area contributed by atoms with E-state index in [1.807, 2.05) is 0 Å². The second-order valence-electron chi connectivity index (χ2n) is 4.07. The molecule has 0 aromatic rings. The van der Waals surface area contributed by atoms with Crippen molar-refractivity contribution in [3.05, 3.63) is 12.2 Å². The monoisotopic (exact) mass is 203 g/mol. The van der Waals surface area contributed by atoms with Crippen molar-refractivity contribution in [3.8, 4) is 0 Å². The standard InChI is InChI=1S/C10H18ClNO/c1-8(5-11)6-12(2)7-9-3-10(13)4-9/h9-10,13H,1,3-7H2,2H3. The van der Waals surface area contributed by atoms with Crippen molar-refractivity contribution >= 4 is 11.6 Å². The zero-order chi connectivity index (χ0) is 9.84. The summed E-state index contributed by atoms with van der Waals surface area (Å²) in [6, 6.07) is 0. The van der Waals surface area contributed by atoms with E-state index in [-0.39, 0.29) is 6.10 Å². The molecule has 1 rings (SSSR count). The number of rotatable bonds is 5. The van der Waals surface area contributed by atoms with Gasteiger partial charge in [0.25, 0.3) is 0 Å². The Hall–Kier alpha value is -0.0500. The smallest absolute Gasteiger partial charge is 0.0546 e. The molecule has 0 aromatic heterocycles. The van der Waals surface area contributed by atoms with Crippen molar-refractivity contribution in [2.45, 2.75) is 18.9 Å². The van der Waals surface area contributed by atoms with E-state index in [9.17, 15) is 0 Å². The summed E-state index contributed by atoms with van der Waals surface area (Å²) in [6.45, 7) is 5.78. The van der Waals surface area contributed by atoms with Gasteiger partial charge in [-0.25, -0.2) is 0 Å². The van der Waals surface area contributed by atoms with Crippen LogP contribution >= 0.6 is 11.6 Å².